The number of hydrogen-bond acceptors (Lipinski definition) is 8. The molecule has 2 N–H and O–H groups in total. The summed E-state index contributed by atoms with van der Waals surface area (Å²) in [6.07, 6.45) is 4.95. The molecule has 0 bridgehead atoms. The van der Waals surface area contributed by atoms with Crippen LogP contribution in [0.25, 0.3) is 10.9 Å². The van der Waals surface area contributed by atoms with Crippen LogP contribution in [0.2, 0.25) is 0 Å². The predicted molar refractivity (Wildman–Crippen MR) is 123 cm³/mol. The summed E-state index contributed by atoms with van der Waals surface area (Å²) in [5, 5.41) is 11.0. The number of aromatic nitrogens is 4. The van der Waals surface area contributed by atoms with E-state index in [9.17, 15) is 4.79 Å². The summed E-state index contributed by atoms with van der Waals surface area (Å²) in [5.74, 6) is 2.34. The van der Waals surface area contributed by atoms with Gasteiger partial charge >= 0.3 is 6.03 Å². The molecule has 1 fully saturated rings. The van der Waals surface area contributed by atoms with E-state index in [4.69, 9.17) is 14.0 Å². The SMILES string of the molecule is CC1(c2cc(NC(=O)n3ccc4cc(Oc5ncnc6c5CNC6)ccc43)no2)CCOCC1. The lowest BCUT2D eigenvalue weighted by molar-refractivity contribution is 0.0467. The first-order valence-corrected chi connectivity index (χ1v) is 11.3. The van der Waals surface area contributed by atoms with E-state index in [0.717, 1.165) is 40.8 Å². The van der Waals surface area contributed by atoms with E-state index in [0.29, 0.717) is 43.8 Å². The van der Waals surface area contributed by atoms with E-state index in [1.54, 1.807) is 12.3 Å². The highest BCUT2D eigenvalue weighted by Gasteiger charge is 2.33. The number of carbonyl (C=O) groups excluding carboxylic acids is 1. The van der Waals surface area contributed by atoms with Crippen LogP contribution in [0.4, 0.5) is 10.6 Å². The van der Waals surface area contributed by atoms with Crippen LogP contribution in [0.5, 0.6) is 11.6 Å². The molecule has 0 radical (unpaired) electrons. The number of ether oxygens (including phenoxy) is 2. The van der Waals surface area contributed by atoms with Gasteiger partial charge in [-0.15, -0.1) is 0 Å². The maximum absolute atomic E-state index is 13.0. The summed E-state index contributed by atoms with van der Waals surface area (Å²) in [5.41, 5.74) is 2.54. The third kappa shape index (κ3) is 3.70. The van der Waals surface area contributed by atoms with Gasteiger partial charge in [0.15, 0.2) is 5.82 Å². The third-order valence-electron chi connectivity index (χ3n) is 6.62. The number of hydrogen-bond donors (Lipinski definition) is 2. The molecule has 0 spiro atoms. The van der Waals surface area contributed by atoms with Gasteiger partial charge in [0.2, 0.25) is 5.88 Å². The van der Waals surface area contributed by atoms with Gasteiger partial charge in [-0.3, -0.25) is 9.88 Å². The fourth-order valence-corrected chi connectivity index (χ4v) is 4.48. The number of carbonyl (C=O) groups is 1. The second-order valence-corrected chi connectivity index (χ2v) is 8.90. The normalized spacial score (nSPS) is 17.0. The van der Waals surface area contributed by atoms with E-state index in [2.05, 4.69) is 32.7 Å². The van der Waals surface area contributed by atoms with Crippen LogP contribution in [-0.4, -0.2) is 38.9 Å². The third-order valence-corrected chi connectivity index (χ3v) is 6.62. The molecule has 4 aromatic rings. The Kier molecular flexibility index (Phi) is 5.04. The molecule has 1 aromatic carbocycles. The van der Waals surface area contributed by atoms with Crippen molar-refractivity contribution in [3.8, 4) is 11.6 Å². The van der Waals surface area contributed by atoms with Crippen LogP contribution in [0, 0.1) is 0 Å². The average molecular weight is 460 g/mol. The molecule has 174 valence electrons. The Balaban J connectivity index is 1.19. The monoisotopic (exact) mass is 460 g/mol. The topological polar surface area (TPSA) is 116 Å². The zero-order valence-corrected chi connectivity index (χ0v) is 18.7. The fraction of sp³-hybridized carbons (Fsp3) is 0.333. The first-order chi connectivity index (χ1) is 16.6. The van der Waals surface area contributed by atoms with Crippen molar-refractivity contribution in [2.75, 3.05) is 18.5 Å². The Morgan fingerprint density at radius 1 is 1.18 bits per heavy atom. The Labute approximate surface area is 195 Å². The lowest BCUT2D eigenvalue weighted by Gasteiger charge is -2.30. The van der Waals surface area contributed by atoms with Crippen molar-refractivity contribution in [1.29, 1.82) is 0 Å². The van der Waals surface area contributed by atoms with Gasteiger partial charge in [0.1, 0.15) is 17.8 Å². The van der Waals surface area contributed by atoms with Gasteiger partial charge in [0, 0.05) is 49.4 Å². The molecule has 5 heterocycles. The molecule has 10 heteroatoms. The minimum Gasteiger partial charge on any atom is -0.439 e. The van der Waals surface area contributed by atoms with Crippen molar-refractivity contribution in [3.63, 3.8) is 0 Å². The van der Waals surface area contributed by atoms with Crippen molar-refractivity contribution < 1.29 is 18.8 Å². The Hall–Kier alpha value is -3.76. The predicted octanol–water partition coefficient (Wildman–Crippen LogP) is 3.96. The van der Waals surface area contributed by atoms with Crippen molar-refractivity contribution in [3.05, 3.63) is 59.9 Å². The van der Waals surface area contributed by atoms with Crippen LogP contribution in [0.3, 0.4) is 0 Å². The summed E-state index contributed by atoms with van der Waals surface area (Å²) in [4.78, 5) is 21.5. The summed E-state index contributed by atoms with van der Waals surface area (Å²) in [6, 6.07) is 8.90. The summed E-state index contributed by atoms with van der Waals surface area (Å²) >= 11 is 0. The Bertz CT molecular complexity index is 1370. The number of nitrogens with one attached hydrogen (secondary N) is 2. The van der Waals surface area contributed by atoms with E-state index in [-0.39, 0.29) is 11.4 Å². The highest BCUT2D eigenvalue weighted by atomic mass is 16.5. The molecule has 1 saturated heterocycles. The summed E-state index contributed by atoms with van der Waals surface area (Å²) in [6.45, 7) is 4.91. The molecule has 3 aromatic heterocycles. The Morgan fingerprint density at radius 2 is 2.06 bits per heavy atom. The van der Waals surface area contributed by atoms with Crippen LogP contribution in [-0.2, 0) is 23.2 Å². The quantitative estimate of drug-likeness (QED) is 0.470. The van der Waals surface area contributed by atoms with Crippen LogP contribution in [0.15, 0.2) is 47.4 Å². The van der Waals surface area contributed by atoms with E-state index < -0.39 is 0 Å². The lowest BCUT2D eigenvalue weighted by Crippen LogP contribution is -2.30. The summed E-state index contributed by atoms with van der Waals surface area (Å²) in [7, 11) is 0. The number of nitrogens with zero attached hydrogens (tertiary/aromatic N) is 4. The number of benzene rings is 1. The number of fused-ring (bicyclic) bond motifs is 2. The largest absolute Gasteiger partial charge is 0.439 e. The van der Waals surface area contributed by atoms with Crippen molar-refractivity contribution in [2.24, 2.45) is 0 Å². The minimum atomic E-state index is -0.319. The smallest absolute Gasteiger partial charge is 0.331 e. The fourth-order valence-electron chi connectivity index (χ4n) is 4.48. The molecular weight excluding hydrogens is 436 g/mol. The molecule has 2 aliphatic rings. The van der Waals surface area contributed by atoms with Gasteiger partial charge < -0.3 is 19.3 Å². The molecule has 2 aliphatic heterocycles. The zero-order chi connectivity index (χ0) is 23.1. The van der Waals surface area contributed by atoms with Gasteiger partial charge in [-0.05, 0) is 37.1 Å². The zero-order valence-electron chi connectivity index (χ0n) is 18.7. The summed E-state index contributed by atoms with van der Waals surface area (Å²) < 4.78 is 18.6. The minimum absolute atomic E-state index is 0.134. The second kappa shape index (κ2) is 8.23. The molecule has 6 rings (SSSR count). The molecule has 0 aliphatic carbocycles. The number of anilines is 1. The molecular formula is C24H24N6O4. The molecule has 10 nitrogen and oxygen atoms in total. The first kappa shape index (κ1) is 20.8. The van der Waals surface area contributed by atoms with E-state index in [1.165, 1.54) is 10.9 Å². The molecule has 0 atom stereocenters. The maximum Gasteiger partial charge on any atom is 0.331 e. The van der Waals surface area contributed by atoms with Crippen LogP contribution >= 0.6 is 0 Å². The van der Waals surface area contributed by atoms with E-state index in [1.807, 2.05) is 24.3 Å². The van der Waals surface area contributed by atoms with Crippen molar-refractivity contribution in [2.45, 2.75) is 38.3 Å². The maximum atomic E-state index is 13.0. The van der Waals surface area contributed by atoms with Gasteiger partial charge in [-0.2, -0.15) is 0 Å². The molecule has 1 amide bonds. The van der Waals surface area contributed by atoms with Gasteiger partial charge in [0.25, 0.3) is 0 Å². The molecule has 0 saturated carbocycles. The molecule has 34 heavy (non-hydrogen) atoms. The standard InChI is InChI=1S/C24H24N6O4/c1-24(5-8-32-9-6-24)20-11-21(29-34-20)28-23(31)30-7-4-15-10-16(2-3-19(15)30)33-22-17-12-25-13-18(17)26-14-27-22/h2-4,7,10-11,14,25H,5-6,8-9,12-13H2,1H3,(H,28,29,31). The van der Waals surface area contributed by atoms with Crippen LogP contribution in [0.1, 0.15) is 36.8 Å². The van der Waals surface area contributed by atoms with Gasteiger partial charge in [-0.1, -0.05) is 12.1 Å². The first-order valence-electron chi connectivity index (χ1n) is 11.3. The van der Waals surface area contributed by atoms with Crippen molar-refractivity contribution in [1.82, 2.24) is 25.0 Å². The van der Waals surface area contributed by atoms with Gasteiger partial charge in [-0.25, -0.2) is 14.8 Å². The molecule has 0 unspecified atom stereocenters. The highest BCUT2D eigenvalue weighted by Crippen LogP contribution is 2.35. The second-order valence-electron chi connectivity index (χ2n) is 8.90. The number of rotatable bonds is 4. The van der Waals surface area contributed by atoms with E-state index >= 15 is 0 Å². The Morgan fingerprint density at radius 3 is 2.94 bits per heavy atom. The number of amides is 1. The highest BCUT2D eigenvalue weighted by molar-refractivity contribution is 5.98. The average Bonchev–Trinajstić information content (AvgIpc) is 3.59. The van der Waals surface area contributed by atoms with Gasteiger partial charge in [0.05, 0.1) is 16.8 Å². The lowest BCUT2D eigenvalue weighted by atomic mass is 9.80. The van der Waals surface area contributed by atoms with Crippen LogP contribution < -0.4 is 15.4 Å². The van der Waals surface area contributed by atoms with Crippen molar-refractivity contribution >= 4 is 22.8 Å².